The van der Waals surface area contributed by atoms with Crippen molar-refractivity contribution in [2.75, 3.05) is 6.61 Å². The quantitative estimate of drug-likeness (QED) is 0.387. The molecular formula is C28H21F3N4O4. The molecule has 39 heavy (non-hydrogen) atoms. The first-order chi connectivity index (χ1) is 18.7. The van der Waals surface area contributed by atoms with Crippen LogP contribution >= 0.6 is 0 Å². The minimum absolute atomic E-state index is 0.0990. The van der Waals surface area contributed by atoms with Crippen LogP contribution in [0.3, 0.4) is 0 Å². The fourth-order valence-electron chi connectivity index (χ4n) is 4.68. The Morgan fingerprint density at radius 1 is 1.21 bits per heavy atom. The minimum atomic E-state index is -3.44. The molecule has 3 aromatic heterocycles. The van der Waals surface area contributed by atoms with E-state index in [2.05, 4.69) is 15.3 Å². The zero-order valence-corrected chi connectivity index (χ0v) is 20.6. The number of hydrogen-bond donors (Lipinski definition) is 2. The van der Waals surface area contributed by atoms with Crippen LogP contribution in [-0.2, 0) is 6.42 Å². The number of aromatic amines is 1. The molecule has 11 heteroatoms. The van der Waals surface area contributed by atoms with Crippen LogP contribution in [0, 0.1) is 12.7 Å². The number of ether oxygens (including phenoxy) is 2. The van der Waals surface area contributed by atoms with E-state index in [-0.39, 0.29) is 29.4 Å². The van der Waals surface area contributed by atoms with Gasteiger partial charge in [-0.15, -0.1) is 0 Å². The summed E-state index contributed by atoms with van der Waals surface area (Å²) >= 11 is 0. The van der Waals surface area contributed by atoms with Crippen LogP contribution < -0.4 is 20.3 Å². The van der Waals surface area contributed by atoms with E-state index in [1.165, 1.54) is 53.4 Å². The predicted molar refractivity (Wildman–Crippen MR) is 136 cm³/mol. The maximum atomic E-state index is 15.1. The molecule has 0 unspecified atom stereocenters. The SMILES string of the molecule is Cc1cc2c(OC3=CC=C(NC(=O)c4c5c(cn(-c6ccc(F)cc6)c4=O)CCO5)CC3(F)F)ccnc2[nH]1. The Labute approximate surface area is 219 Å². The van der Waals surface area contributed by atoms with E-state index in [0.717, 1.165) is 11.8 Å². The molecule has 0 saturated heterocycles. The second kappa shape index (κ2) is 9.19. The van der Waals surface area contributed by atoms with Crippen molar-refractivity contribution >= 4 is 16.9 Å². The lowest BCUT2D eigenvalue weighted by atomic mass is 10.0. The smallest absolute Gasteiger partial charge is 0.310 e. The average Bonchev–Trinajstić information content (AvgIpc) is 3.51. The summed E-state index contributed by atoms with van der Waals surface area (Å²) in [5, 5.41) is 3.00. The van der Waals surface area contributed by atoms with Gasteiger partial charge in [0.05, 0.1) is 18.4 Å². The van der Waals surface area contributed by atoms with E-state index in [4.69, 9.17) is 9.47 Å². The molecule has 1 aromatic carbocycles. The number of nitrogens with zero attached hydrogens (tertiary/aromatic N) is 2. The molecule has 1 aliphatic carbocycles. The van der Waals surface area contributed by atoms with E-state index >= 15 is 8.78 Å². The van der Waals surface area contributed by atoms with Crippen molar-refractivity contribution in [3.8, 4) is 17.2 Å². The van der Waals surface area contributed by atoms with Crippen LogP contribution in [0.25, 0.3) is 16.7 Å². The van der Waals surface area contributed by atoms with Gasteiger partial charge in [0.2, 0.25) is 0 Å². The topological polar surface area (TPSA) is 98.2 Å². The van der Waals surface area contributed by atoms with Crippen LogP contribution in [0.4, 0.5) is 13.2 Å². The normalized spacial score (nSPS) is 15.8. The van der Waals surface area contributed by atoms with E-state index in [0.29, 0.717) is 28.7 Å². The summed E-state index contributed by atoms with van der Waals surface area (Å²) in [4.78, 5) is 33.8. The Kier molecular flexibility index (Phi) is 5.78. The molecule has 4 aromatic rings. The number of alkyl halides is 2. The molecule has 0 bridgehead atoms. The maximum absolute atomic E-state index is 15.1. The fraction of sp³-hybridized carbons (Fsp3) is 0.179. The van der Waals surface area contributed by atoms with Gasteiger partial charge in [-0.25, -0.2) is 9.37 Å². The van der Waals surface area contributed by atoms with Crippen molar-refractivity contribution in [1.29, 1.82) is 0 Å². The number of aromatic nitrogens is 3. The summed E-state index contributed by atoms with van der Waals surface area (Å²) in [6.45, 7) is 2.08. The lowest BCUT2D eigenvalue weighted by Gasteiger charge is -2.25. The highest BCUT2D eigenvalue weighted by atomic mass is 19.3. The second-order valence-electron chi connectivity index (χ2n) is 9.29. The third-order valence-corrected chi connectivity index (χ3v) is 6.52. The molecule has 0 fully saturated rings. The van der Waals surface area contributed by atoms with Gasteiger partial charge < -0.3 is 19.8 Å². The summed E-state index contributed by atoms with van der Waals surface area (Å²) in [5.41, 5.74) is 1.14. The van der Waals surface area contributed by atoms with Crippen LogP contribution in [0.2, 0.25) is 0 Å². The number of carbonyl (C=O) groups is 1. The standard InChI is InChI=1S/C28H21F3N4O4/c1-15-12-20-21(8-10-32-25(20)33-15)39-22-7-4-18(13-28(22,30)31)34-26(36)23-24-16(9-11-38-24)14-35(27(23)37)19-5-2-17(29)3-6-19/h2-8,10,12,14H,9,11,13H2,1H3,(H,32,33)(H,34,36). The molecule has 0 radical (unpaired) electrons. The lowest BCUT2D eigenvalue weighted by Crippen LogP contribution is -2.36. The number of pyridine rings is 2. The minimum Gasteiger partial charge on any atom is -0.492 e. The van der Waals surface area contributed by atoms with Gasteiger partial charge in [-0.05, 0) is 55.5 Å². The highest BCUT2D eigenvalue weighted by Crippen LogP contribution is 2.37. The molecule has 2 aliphatic rings. The van der Waals surface area contributed by atoms with Crippen molar-refractivity contribution < 1.29 is 27.4 Å². The molecule has 2 N–H and O–H groups in total. The maximum Gasteiger partial charge on any atom is 0.310 e. The van der Waals surface area contributed by atoms with Crippen molar-refractivity contribution in [1.82, 2.24) is 19.9 Å². The van der Waals surface area contributed by atoms with Crippen LogP contribution in [-0.4, -0.2) is 33.0 Å². The van der Waals surface area contributed by atoms with Crippen molar-refractivity contribution in [2.24, 2.45) is 0 Å². The first kappa shape index (κ1) is 24.5. The number of aryl methyl sites for hydroxylation is 1. The van der Waals surface area contributed by atoms with Gasteiger partial charge in [-0.1, -0.05) is 0 Å². The molecule has 0 atom stereocenters. The number of allylic oxidation sites excluding steroid dienone is 4. The van der Waals surface area contributed by atoms with Gasteiger partial charge in [-0.2, -0.15) is 8.78 Å². The summed E-state index contributed by atoms with van der Waals surface area (Å²) < 4.78 is 56.1. The zero-order chi connectivity index (χ0) is 27.3. The molecule has 6 rings (SSSR count). The number of halogens is 3. The summed E-state index contributed by atoms with van der Waals surface area (Å²) in [6, 6.07) is 8.45. The Morgan fingerprint density at radius 2 is 2.00 bits per heavy atom. The average molecular weight is 534 g/mol. The Balaban J connectivity index is 1.30. The Bertz CT molecular complexity index is 1750. The van der Waals surface area contributed by atoms with Gasteiger partial charge >= 0.3 is 5.92 Å². The number of fused-ring (bicyclic) bond motifs is 2. The van der Waals surface area contributed by atoms with E-state index in [9.17, 15) is 14.0 Å². The van der Waals surface area contributed by atoms with Crippen molar-refractivity contribution in [2.45, 2.75) is 25.7 Å². The van der Waals surface area contributed by atoms with Crippen LogP contribution in [0.5, 0.6) is 11.5 Å². The van der Waals surface area contributed by atoms with Gasteiger partial charge in [0, 0.05) is 41.5 Å². The molecule has 1 amide bonds. The number of H-pyrrole nitrogens is 1. The summed E-state index contributed by atoms with van der Waals surface area (Å²) in [7, 11) is 0. The van der Waals surface area contributed by atoms with E-state index in [1.54, 1.807) is 6.07 Å². The van der Waals surface area contributed by atoms with E-state index < -0.39 is 35.4 Å². The first-order valence-electron chi connectivity index (χ1n) is 12.1. The number of hydrogen-bond acceptors (Lipinski definition) is 5. The molecular weight excluding hydrogens is 513 g/mol. The highest BCUT2D eigenvalue weighted by molar-refractivity contribution is 5.98. The Morgan fingerprint density at radius 3 is 2.77 bits per heavy atom. The Hall–Kier alpha value is -4.80. The highest BCUT2D eigenvalue weighted by Gasteiger charge is 2.40. The third-order valence-electron chi connectivity index (χ3n) is 6.52. The summed E-state index contributed by atoms with van der Waals surface area (Å²) in [6.07, 6.45) is 4.99. The molecule has 198 valence electrons. The van der Waals surface area contributed by atoms with Crippen molar-refractivity contribution in [3.63, 3.8) is 0 Å². The third kappa shape index (κ3) is 4.45. The lowest BCUT2D eigenvalue weighted by molar-refractivity contribution is 0.00322. The van der Waals surface area contributed by atoms with Gasteiger partial charge in [0.1, 0.15) is 28.5 Å². The molecule has 4 heterocycles. The molecule has 1 aliphatic heterocycles. The fourth-order valence-corrected chi connectivity index (χ4v) is 4.68. The monoisotopic (exact) mass is 534 g/mol. The molecule has 0 spiro atoms. The number of rotatable bonds is 5. The van der Waals surface area contributed by atoms with Crippen LogP contribution in [0.15, 0.2) is 77.2 Å². The van der Waals surface area contributed by atoms with Crippen molar-refractivity contribution in [3.05, 3.63) is 105 Å². The number of amides is 1. The van der Waals surface area contributed by atoms with Gasteiger partial charge in [0.25, 0.3) is 11.5 Å². The van der Waals surface area contributed by atoms with Gasteiger partial charge in [-0.3, -0.25) is 14.2 Å². The second-order valence-corrected chi connectivity index (χ2v) is 9.29. The summed E-state index contributed by atoms with van der Waals surface area (Å²) in [5.74, 6) is -5.06. The van der Waals surface area contributed by atoms with E-state index in [1.807, 2.05) is 6.92 Å². The van der Waals surface area contributed by atoms with Crippen LogP contribution in [0.1, 0.15) is 28.0 Å². The largest absolute Gasteiger partial charge is 0.492 e. The number of carbonyl (C=O) groups excluding carboxylic acids is 1. The number of nitrogens with one attached hydrogen (secondary N) is 2. The predicted octanol–water partition coefficient (Wildman–Crippen LogP) is 4.71. The van der Waals surface area contributed by atoms with Gasteiger partial charge in [0.15, 0.2) is 5.76 Å². The molecule has 0 saturated carbocycles. The molecule has 8 nitrogen and oxygen atoms in total. The zero-order valence-electron chi connectivity index (χ0n) is 20.6. The first-order valence-corrected chi connectivity index (χ1v) is 12.1. The number of benzene rings is 1.